The summed E-state index contributed by atoms with van der Waals surface area (Å²) in [5.41, 5.74) is 4.07. The fourth-order valence-electron chi connectivity index (χ4n) is 3.66. The van der Waals surface area contributed by atoms with Gasteiger partial charge in [-0.15, -0.1) is 0 Å². The minimum absolute atomic E-state index is 0.175. The van der Waals surface area contributed by atoms with Crippen molar-refractivity contribution in [3.05, 3.63) is 42.5 Å². The van der Waals surface area contributed by atoms with Crippen LogP contribution in [0.25, 0.3) is 17.2 Å². The van der Waals surface area contributed by atoms with Crippen LogP contribution in [0.3, 0.4) is 0 Å². The fraction of sp³-hybridized carbons (Fsp3) is 0.421. The largest absolute Gasteiger partial charge is 0.393 e. The van der Waals surface area contributed by atoms with Crippen LogP contribution < -0.4 is 0 Å². The molecule has 0 saturated heterocycles. The van der Waals surface area contributed by atoms with E-state index in [0.29, 0.717) is 10.8 Å². The normalized spacial score (nSPS) is 23.2. The van der Waals surface area contributed by atoms with Crippen molar-refractivity contribution in [2.45, 2.75) is 42.6 Å². The number of hydrogen-bond donors (Lipinski definition) is 2. The van der Waals surface area contributed by atoms with Gasteiger partial charge in [-0.1, -0.05) is 6.58 Å². The zero-order valence-corrected chi connectivity index (χ0v) is 15.6. The van der Waals surface area contributed by atoms with Crippen LogP contribution in [0.5, 0.6) is 0 Å². The van der Waals surface area contributed by atoms with E-state index in [1.165, 1.54) is 18.1 Å². The van der Waals surface area contributed by atoms with Crippen LogP contribution in [0.4, 0.5) is 0 Å². The molecule has 25 heavy (non-hydrogen) atoms. The van der Waals surface area contributed by atoms with E-state index in [-0.39, 0.29) is 6.10 Å². The summed E-state index contributed by atoms with van der Waals surface area (Å²) >= 11 is 0. The first kappa shape index (κ1) is 17.9. The van der Waals surface area contributed by atoms with Crippen molar-refractivity contribution in [2.75, 3.05) is 6.26 Å². The number of hydrogen-bond acceptors (Lipinski definition) is 4. The summed E-state index contributed by atoms with van der Waals surface area (Å²) in [6, 6.07) is 3.95. The molecule has 0 aliphatic heterocycles. The second kappa shape index (κ2) is 6.77. The van der Waals surface area contributed by atoms with Crippen molar-refractivity contribution in [1.82, 2.24) is 9.55 Å². The number of aromatic nitrogens is 2. The molecule has 2 heterocycles. The molecule has 2 aromatic heterocycles. The van der Waals surface area contributed by atoms with Gasteiger partial charge in [-0.05, 0) is 49.8 Å². The molecular weight excluding hydrogens is 334 g/mol. The summed E-state index contributed by atoms with van der Waals surface area (Å²) in [5.74, 6) is 0.420. The van der Waals surface area contributed by atoms with Gasteiger partial charge in [-0.2, -0.15) is 0 Å². The molecule has 1 aliphatic carbocycles. The number of pyridine rings is 1. The molecule has 2 N–H and O–H groups in total. The molecule has 2 aromatic rings. The van der Waals surface area contributed by atoms with Gasteiger partial charge in [0, 0.05) is 48.2 Å². The average molecular weight is 359 g/mol. The van der Waals surface area contributed by atoms with Crippen molar-refractivity contribution in [2.24, 2.45) is 7.05 Å². The van der Waals surface area contributed by atoms with Crippen LogP contribution in [0.1, 0.15) is 43.0 Å². The smallest absolute Gasteiger partial charge is 0.0712 e. The summed E-state index contributed by atoms with van der Waals surface area (Å²) in [4.78, 5) is 4.62. The van der Waals surface area contributed by atoms with Gasteiger partial charge in [0.2, 0.25) is 0 Å². The second-order valence-electron chi connectivity index (χ2n) is 6.89. The molecule has 5 nitrogen and oxygen atoms in total. The lowest BCUT2D eigenvalue weighted by atomic mass is 9.85. The Balaban J connectivity index is 2.05. The molecule has 0 bridgehead atoms. The highest BCUT2D eigenvalue weighted by atomic mass is 32.2. The van der Waals surface area contributed by atoms with Crippen molar-refractivity contribution in [3.8, 4) is 11.1 Å². The monoisotopic (exact) mass is 359 g/mol. The first-order chi connectivity index (χ1) is 11.8. The molecule has 0 unspecified atom stereocenters. The highest BCUT2D eigenvalue weighted by Crippen LogP contribution is 2.38. The maximum atomic E-state index is 12.1. The third kappa shape index (κ3) is 3.55. The minimum Gasteiger partial charge on any atom is -0.393 e. The van der Waals surface area contributed by atoms with Gasteiger partial charge in [-0.3, -0.25) is 4.98 Å². The Morgan fingerprint density at radius 2 is 2.00 bits per heavy atom. The van der Waals surface area contributed by atoms with Crippen molar-refractivity contribution < 1.29 is 9.32 Å². The highest BCUT2D eigenvalue weighted by Gasteiger charge is 2.25. The molecular formula is C19H25N3O2S. The van der Waals surface area contributed by atoms with E-state index in [9.17, 15) is 9.32 Å². The molecule has 0 amide bonds. The molecule has 3 rings (SSSR count). The molecule has 1 aliphatic rings. The van der Waals surface area contributed by atoms with Gasteiger partial charge in [0.1, 0.15) is 0 Å². The summed E-state index contributed by atoms with van der Waals surface area (Å²) < 4.78 is 22.0. The Morgan fingerprint density at radius 1 is 1.32 bits per heavy atom. The number of nitrogens with zero attached hydrogens (tertiary/aromatic N) is 2. The maximum absolute atomic E-state index is 12.1. The third-order valence-electron chi connectivity index (χ3n) is 5.10. The van der Waals surface area contributed by atoms with E-state index in [2.05, 4.69) is 22.2 Å². The zero-order chi connectivity index (χ0) is 18.2. The predicted molar refractivity (Wildman–Crippen MR) is 101 cm³/mol. The summed E-state index contributed by atoms with van der Waals surface area (Å²) in [6.07, 6.45) is 9.92. The van der Waals surface area contributed by atoms with Crippen LogP contribution in [0.15, 0.2) is 36.0 Å². The molecule has 0 spiro atoms. The number of aliphatic hydroxyl groups excluding tert-OH is 1. The van der Waals surface area contributed by atoms with Crippen molar-refractivity contribution in [3.63, 3.8) is 0 Å². The van der Waals surface area contributed by atoms with Gasteiger partial charge >= 0.3 is 0 Å². The standard InChI is InChI=1S/C19H25N3O2S/c1-4-18-17(14-9-16(12-21-11-14)25(3,20)24)10-19(22(18)2)13-5-7-15(23)8-6-13/h4,9-13,15,20,23H,1,5-8H2,2-3H3/t13?,15?,25-/m0/s1. The van der Waals surface area contributed by atoms with Gasteiger partial charge in [0.15, 0.2) is 0 Å². The summed E-state index contributed by atoms with van der Waals surface area (Å²) in [7, 11) is -0.772. The molecule has 1 atom stereocenters. The third-order valence-corrected chi connectivity index (χ3v) is 6.22. The van der Waals surface area contributed by atoms with Crippen LogP contribution in [-0.4, -0.2) is 31.2 Å². The van der Waals surface area contributed by atoms with Crippen molar-refractivity contribution in [1.29, 1.82) is 4.78 Å². The number of nitrogens with one attached hydrogen (secondary N) is 1. The van der Waals surface area contributed by atoms with Crippen LogP contribution in [0.2, 0.25) is 0 Å². The van der Waals surface area contributed by atoms with E-state index in [4.69, 9.17) is 4.78 Å². The van der Waals surface area contributed by atoms with Crippen molar-refractivity contribution >= 4 is 15.8 Å². The minimum atomic E-state index is -2.81. The average Bonchev–Trinajstić information content (AvgIpc) is 2.91. The predicted octanol–water partition coefficient (Wildman–Crippen LogP) is 3.78. The van der Waals surface area contributed by atoms with Gasteiger partial charge in [0.25, 0.3) is 0 Å². The van der Waals surface area contributed by atoms with E-state index < -0.39 is 9.73 Å². The first-order valence-electron chi connectivity index (χ1n) is 8.50. The SMILES string of the molecule is C=Cc1c(-c2cncc([S@@](C)(=N)=O)c2)cc(C2CCC(O)CC2)n1C. The van der Waals surface area contributed by atoms with E-state index in [0.717, 1.165) is 42.5 Å². The lowest BCUT2D eigenvalue weighted by molar-refractivity contribution is 0.121. The molecule has 1 fully saturated rings. The van der Waals surface area contributed by atoms with E-state index >= 15 is 0 Å². The van der Waals surface area contributed by atoms with Gasteiger partial charge in [0.05, 0.1) is 20.7 Å². The molecule has 134 valence electrons. The lowest BCUT2D eigenvalue weighted by Crippen LogP contribution is -2.18. The Hall–Kier alpha value is -1.92. The Morgan fingerprint density at radius 3 is 2.60 bits per heavy atom. The first-order valence-corrected chi connectivity index (χ1v) is 10.5. The Kier molecular flexibility index (Phi) is 4.84. The molecule has 0 radical (unpaired) electrons. The van der Waals surface area contributed by atoms with E-state index in [1.54, 1.807) is 12.3 Å². The Bertz CT molecular complexity index is 891. The lowest BCUT2D eigenvalue weighted by Gasteiger charge is -2.26. The maximum Gasteiger partial charge on any atom is 0.0712 e. The Labute approximate surface area is 149 Å². The summed E-state index contributed by atoms with van der Waals surface area (Å²) in [6.45, 7) is 3.94. The zero-order valence-electron chi connectivity index (χ0n) is 14.7. The van der Waals surface area contributed by atoms with Gasteiger partial charge in [-0.25, -0.2) is 8.99 Å². The second-order valence-corrected chi connectivity index (χ2v) is 9.05. The van der Waals surface area contributed by atoms with Crippen LogP contribution >= 0.6 is 0 Å². The molecule has 6 heteroatoms. The van der Waals surface area contributed by atoms with Crippen LogP contribution in [-0.2, 0) is 16.8 Å². The van der Waals surface area contributed by atoms with Gasteiger partial charge < -0.3 is 9.67 Å². The fourth-order valence-corrected chi connectivity index (χ4v) is 4.27. The molecule has 0 aromatic carbocycles. The van der Waals surface area contributed by atoms with Crippen LogP contribution in [0, 0.1) is 4.78 Å². The molecule has 1 saturated carbocycles. The number of aliphatic hydroxyl groups is 1. The topological polar surface area (TPSA) is 79.0 Å². The summed E-state index contributed by atoms with van der Waals surface area (Å²) in [5, 5.41) is 9.76. The highest BCUT2D eigenvalue weighted by molar-refractivity contribution is 7.91. The van der Waals surface area contributed by atoms with E-state index in [1.807, 2.05) is 13.1 Å². The quantitative estimate of drug-likeness (QED) is 0.872. The number of rotatable bonds is 4.